The van der Waals surface area contributed by atoms with Gasteiger partial charge in [0.25, 0.3) is 0 Å². The molecule has 1 aliphatic rings. The summed E-state index contributed by atoms with van der Waals surface area (Å²) in [5, 5.41) is 4.17. The molecule has 1 aromatic heterocycles. The van der Waals surface area contributed by atoms with Crippen molar-refractivity contribution in [2.75, 3.05) is 31.8 Å². The van der Waals surface area contributed by atoms with Crippen molar-refractivity contribution in [2.45, 2.75) is 32.8 Å². The molecular formula is C15H25N2O2P. The largest absolute Gasteiger partial charge is 0.376 e. The molecule has 5 heteroatoms. The highest BCUT2D eigenvalue weighted by atomic mass is 31.2. The molecule has 0 aromatic carbocycles. The number of hydrogen-bond acceptors (Lipinski definition) is 4. The second-order valence-electron chi connectivity index (χ2n) is 6.74. The molecule has 1 aromatic rings. The standard InChI is InChI=1S/C15H25N2O2P/c1-15(2)6-8-19-12(10-15)11-17-14-9-13(5-7-16-14)20(3,4)18/h5,7,9,12H,6,8,10-11H2,1-4H3,(H,16,17). The van der Waals surface area contributed by atoms with Crippen molar-refractivity contribution in [3.63, 3.8) is 0 Å². The molecule has 2 heterocycles. The van der Waals surface area contributed by atoms with Crippen LogP contribution in [-0.4, -0.2) is 37.6 Å². The molecule has 0 amide bonds. The van der Waals surface area contributed by atoms with Crippen LogP contribution in [0.4, 0.5) is 5.82 Å². The highest BCUT2D eigenvalue weighted by molar-refractivity contribution is 7.70. The van der Waals surface area contributed by atoms with Crippen LogP contribution in [0.5, 0.6) is 0 Å². The lowest BCUT2D eigenvalue weighted by molar-refractivity contribution is -0.0281. The quantitative estimate of drug-likeness (QED) is 0.868. The van der Waals surface area contributed by atoms with Crippen LogP contribution >= 0.6 is 7.14 Å². The predicted octanol–water partition coefficient (Wildman–Crippen LogP) is 2.95. The van der Waals surface area contributed by atoms with Crippen molar-refractivity contribution in [3.8, 4) is 0 Å². The fourth-order valence-corrected chi connectivity index (χ4v) is 3.34. The van der Waals surface area contributed by atoms with E-state index in [0.717, 1.165) is 37.1 Å². The van der Waals surface area contributed by atoms with Gasteiger partial charge in [-0.05, 0) is 43.7 Å². The average Bonchev–Trinajstić information content (AvgIpc) is 2.35. The van der Waals surface area contributed by atoms with E-state index in [1.165, 1.54) is 0 Å². The first-order valence-corrected chi connectivity index (χ1v) is 9.73. The molecule has 0 saturated carbocycles. The molecule has 1 fully saturated rings. The third-order valence-electron chi connectivity index (χ3n) is 3.79. The summed E-state index contributed by atoms with van der Waals surface area (Å²) in [4.78, 5) is 4.29. The minimum Gasteiger partial charge on any atom is -0.376 e. The van der Waals surface area contributed by atoms with E-state index in [0.29, 0.717) is 5.41 Å². The number of ether oxygens (including phenoxy) is 1. The summed E-state index contributed by atoms with van der Waals surface area (Å²) in [7, 11) is -2.23. The zero-order valence-electron chi connectivity index (χ0n) is 12.8. The fraction of sp³-hybridized carbons (Fsp3) is 0.667. The van der Waals surface area contributed by atoms with Gasteiger partial charge in [-0.25, -0.2) is 4.98 Å². The van der Waals surface area contributed by atoms with E-state index in [1.54, 1.807) is 19.5 Å². The highest BCUT2D eigenvalue weighted by Crippen LogP contribution is 2.35. The van der Waals surface area contributed by atoms with Crippen LogP contribution in [0.1, 0.15) is 26.7 Å². The van der Waals surface area contributed by atoms with Crippen LogP contribution in [0, 0.1) is 5.41 Å². The molecule has 0 spiro atoms. The molecule has 112 valence electrons. The second-order valence-corrected chi connectivity index (χ2v) is 9.96. The van der Waals surface area contributed by atoms with Gasteiger partial charge in [0.1, 0.15) is 13.0 Å². The Balaban J connectivity index is 1.96. The third kappa shape index (κ3) is 4.32. The summed E-state index contributed by atoms with van der Waals surface area (Å²) in [6, 6.07) is 3.71. The number of anilines is 1. The predicted molar refractivity (Wildman–Crippen MR) is 84.6 cm³/mol. The first-order chi connectivity index (χ1) is 9.26. The monoisotopic (exact) mass is 296 g/mol. The van der Waals surface area contributed by atoms with Crippen LogP contribution < -0.4 is 10.6 Å². The van der Waals surface area contributed by atoms with Gasteiger partial charge < -0.3 is 14.6 Å². The Morgan fingerprint density at radius 2 is 2.25 bits per heavy atom. The molecule has 1 atom stereocenters. The SMILES string of the molecule is CC1(C)CCOC(CNc2cc(P(C)(C)=O)ccn2)C1. The van der Waals surface area contributed by atoms with E-state index >= 15 is 0 Å². The molecule has 0 bridgehead atoms. The molecule has 0 aliphatic carbocycles. The van der Waals surface area contributed by atoms with Gasteiger partial charge in [-0.3, -0.25) is 0 Å². The first-order valence-electron chi connectivity index (χ1n) is 7.13. The van der Waals surface area contributed by atoms with E-state index in [4.69, 9.17) is 4.74 Å². The Labute approximate surface area is 121 Å². The number of hydrogen-bond donors (Lipinski definition) is 1. The van der Waals surface area contributed by atoms with E-state index in [-0.39, 0.29) is 6.10 Å². The smallest absolute Gasteiger partial charge is 0.126 e. The van der Waals surface area contributed by atoms with Gasteiger partial charge in [-0.1, -0.05) is 13.8 Å². The van der Waals surface area contributed by atoms with Crippen molar-refractivity contribution < 1.29 is 9.30 Å². The number of rotatable bonds is 4. The molecule has 4 nitrogen and oxygen atoms in total. The first kappa shape index (κ1) is 15.5. The Kier molecular flexibility index (Phi) is 4.55. The summed E-state index contributed by atoms with van der Waals surface area (Å²) < 4.78 is 17.9. The van der Waals surface area contributed by atoms with Crippen LogP contribution in [0.2, 0.25) is 0 Å². The normalized spacial score (nSPS) is 22.5. The van der Waals surface area contributed by atoms with E-state index in [1.807, 2.05) is 12.1 Å². The lowest BCUT2D eigenvalue weighted by Gasteiger charge is -2.35. The van der Waals surface area contributed by atoms with Gasteiger partial charge in [-0.15, -0.1) is 0 Å². The van der Waals surface area contributed by atoms with Gasteiger partial charge in [0, 0.05) is 24.7 Å². The summed E-state index contributed by atoms with van der Waals surface area (Å²) in [6.07, 6.45) is 4.11. The highest BCUT2D eigenvalue weighted by Gasteiger charge is 2.28. The van der Waals surface area contributed by atoms with Crippen molar-refractivity contribution in [1.29, 1.82) is 0 Å². The Hall–Kier alpha value is -0.860. The third-order valence-corrected chi connectivity index (χ3v) is 5.31. The summed E-state index contributed by atoms with van der Waals surface area (Å²) in [5.74, 6) is 0.776. The number of aromatic nitrogens is 1. The molecular weight excluding hydrogens is 271 g/mol. The molecule has 1 aliphatic heterocycles. The van der Waals surface area contributed by atoms with Gasteiger partial charge in [0.2, 0.25) is 0 Å². The Bertz CT molecular complexity index is 510. The van der Waals surface area contributed by atoms with E-state index in [2.05, 4.69) is 24.1 Å². The summed E-state index contributed by atoms with van der Waals surface area (Å²) >= 11 is 0. The van der Waals surface area contributed by atoms with E-state index < -0.39 is 7.14 Å². The van der Waals surface area contributed by atoms with Gasteiger partial charge in [0.05, 0.1) is 6.10 Å². The van der Waals surface area contributed by atoms with Gasteiger partial charge in [0.15, 0.2) is 0 Å². The maximum Gasteiger partial charge on any atom is 0.126 e. The van der Waals surface area contributed by atoms with Crippen LogP contribution in [0.15, 0.2) is 18.3 Å². The molecule has 20 heavy (non-hydrogen) atoms. The van der Waals surface area contributed by atoms with Crippen molar-refractivity contribution in [3.05, 3.63) is 18.3 Å². The number of nitrogens with one attached hydrogen (secondary N) is 1. The van der Waals surface area contributed by atoms with Crippen molar-refractivity contribution in [1.82, 2.24) is 4.98 Å². The Morgan fingerprint density at radius 3 is 2.90 bits per heavy atom. The number of pyridine rings is 1. The minimum absolute atomic E-state index is 0.222. The van der Waals surface area contributed by atoms with E-state index in [9.17, 15) is 4.57 Å². The van der Waals surface area contributed by atoms with Gasteiger partial charge in [-0.2, -0.15) is 0 Å². The van der Waals surface area contributed by atoms with Gasteiger partial charge >= 0.3 is 0 Å². The summed E-state index contributed by atoms with van der Waals surface area (Å²) in [5.41, 5.74) is 0.350. The molecule has 0 radical (unpaired) electrons. The second kappa shape index (κ2) is 5.87. The summed E-state index contributed by atoms with van der Waals surface area (Å²) in [6.45, 7) is 9.69. The average molecular weight is 296 g/mol. The van der Waals surface area contributed by atoms with Crippen molar-refractivity contribution >= 4 is 18.3 Å². The molecule has 1 saturated heterocycles. The molecule has 2 rings (SSSR count). The van der Waals surface area contributed by atoms with Crippen LogP contribution in [-0.2, 0) is 9.30 Å². The minimum atomic E-state index is -2.23. The lowest BCUT2D eigenvalue weighted by atomic mass is 9.82. The number of nitrogens with zero attached hydrogens (tertiary/aromatic N) is 1. The maximum atomic E-state index is 12.1. The zero-order valence-corrected chi connectivity index (χ0v) is 13.7. The molecule has 1 N–H and O–H groups in total. The topological polar surface area (TPSA) is 51.2 Å². The van der Waals surface area contributed by atoms with Crippen LogP contribution in [0.3, 0.4) is 0 Å². The Morgan fingerprint density at radius 1 is 1.50 bits per heavy atom. The van der Waals surface area contributed by atoms with Crippen molar-refractivity contribution in [2.24, 2.45) is 5.41 Å². The maximum absolute atomic E-state index is 12.1. The fourth-order valence-electron chi connectivity index (χ4n) is 2.48. The zero-order chi connectivity index (χ0) is 14.8. The molecule has 1 unspecified atom stereocenters. The van der Waals surface area contributed by atoms with Crippen LogP contribution in [0.25, 0.3) is 0 Å². The lowest BCUT2D eigenvalue weighted by Crippen LogP contribution is -2.35.